The van der Waals surface area contributed by atoms with Crippen molar-refractivity contribution in [2.45, 2.75) is 27.2 Å². The lowest BCUT2D eigenvalue weighted by atomic mass is 10.1. The summed E-state index contributed by atoms with van der Waals surface area (Å²) in [4.78, 5) is 30.8. The van der Waals surface area contributed by atoms with E-state index in [1.165, 1.54) is 38.3 Å². The molecule has 1 N–H and O–H groups in total. The van der Waals surface area contributed by atoms with Gasteiger partial charge >= 0.3 is 0 Å². The molecule has 32 heavy (non-hydrogen) atoms. The fourth-order valence-corrected chi connectivity index (χ4v) is 5.28. The third-order valence-corrected chi connectivity index (χ3v) is 7.17. The number of aryl methyl sites for hydroxylation is 3. The van der Waals surface area contributed by atoms with Gasteiger partial charge in [0.2, 0.25) is 0 Å². The van der Waals surface area contributed by atoms with E-state index in [1.54, 1.807) is 14.0 Å². The molecule has 7 heteroatoms. The third-order valence-electron chi connectivity index (χ3n) is 5.99. The molecule has 0 atom stereocenters. The van der Waals surface area contributed by atoms with E-state index in [-0.39, 0.29) is 11.5 Å². The summed E-state index contributed by atoms with van der Waals surface area (Å²) in [6, 6.07) is 14.4. The van der Waals surface area contributed by atoms with Crippen LogP contribution in [0.25, 0.3) is 21.7 Å². The Balaban J connectivity index is 1.45. The van der Waals surface area contributed by atoms with Gasteiger partial charge in [-0.15, -0.1) is 11.3 Å². The van der Waals surface area contributed by atoms with Crippen LogP contribution < -0.4 is 10.9 Å². The number of benzene rings is 2. The molecule has 2 aromatic carbocycles. The summed E-state index contributed by atoms with van der Waals surface area (Å²) in [5.74, 6) is -0.220. The quantitative estimate of drug-likeness (QED) is 0.441. The lowest BCUT2D eigenvalue weighted by Crippen LogP contribution is -2.23. The number of carbonyl (C=O) groups excluding carboxylic acids is 1. The molecule has 0 radical (unpaired) electrons. The van der Waals surface area contributed by atoms with E-state index < -0.39 is 0 Å². The number of hydrogen-bond acceptors (Lipinski definition) is 5. The summed E-state index contributed by atoms with van der Waals surface area (Å²) in [7, 11) is 1.62. The summed E-state index contributed by atoms with van der Waals surface area (Å²) in [6.45, 7) is 5.51. The highest BCUT2D eigenvalue weighted by atomic mass is 32.1. The highest BCUT2D eigenvalue weighted by Gasteiger charge is 2.22. The highest BCUT2D eigenvalue weighted by molar-refractivity contribution is 7.17. The van der Waals surface area contributed by atoms with Gasteiger partial charge in [0.05, 0.1) is 17.0 Å². The Bertz CT molecular complexity index is 1470. The molecule has 1 amide bonds. The van der Waals surface area contributed by atoms with Crippen molar-refractivity contribution in [3.8, 4) is 21.7 Å². The SMILES string of the molecule is Cc1nc(-c2c(C)c(C)nn(C)c2=O)sc1C(=O)Nc1ccc2c(c1)Cc1ccccc1-2. The summed E-state index contributed by atoms with van der Waals surface area (Å²) in [6.07, 6.45) is 0.864. The lowest BCUT2D eigenvalue weighted by molar-refractivity contribution is 0.103. The maximum absolute atomic E-state index is 13.1. The van der Waals surface area contributed by atoms with Crippen LogP contribution in [0.4, 0.5) is 5.69 Å². The highest BCUT2D eigenvalue weighted by Crippen LogP contribution is 2.38. The first-order valence-corrected chi connectivity index (χ1v) is 11.2. The smallest absolute Gasteiger partial charge is 0.277 e. The average Bonchev–Trinajstić information content (AvgIpc) is 3.32. The average molecular weight is 443 g/mol. The molecule has 0 saturated carbocycles. The first-order valence-electron chi connectivity index (χ1n) is 10.4. The predicted molar refractivity (Wildman–Crippen MR) is 127 cm³/mol. The maximum atomic E-state index is 13.1. The van der Waals surface area contributed by atoms with E-state index in [0.717, 1.165) is 23.4 Å². The molecule has 6 nitrogen and oxygen atoms in total. The molecule has 1 aliphatic carbocycles. The van der Waals surface area contributed by atoms with Crippen molar-refractivity contribution in [1.29, 1.82) is 0 Å². The summed E-state index contributed by atoms with van der Waals surface area (Å²) >= 11 is 1.24. The van der Waals surface area contributed by atoms with E-state index in [2.05, 4.69) is 39.7 Å². The third kappa shape index (κ3) is 3.26. The number of aromatic nitrogens is 3. The molecule has 0 saturated heterocycles. The van der Waals surface area contributed by atoms with Gasteiger partial charge in [-0.1, -0.05) is 30.3 Å². The molecule has 160 valence electrons. The number of nitrogens with one attached hydrogen (secondary N) is 1. The molecule has 5 rings (SSSR count). The number of amides is 1. The van der Waals surface area contributed by atoms with Crippen LogP contribution in [0.15, 0.2) is 47.3 Å². The molecule has 0 fully saturated rings. The van der Waals surface area contributed by atoms with Crippen molar-refractivity contribution in [3.05, 3.63) is 85.8 Å². The second kappa shape index (κ2) is 7.53. The van der Waals surface area contributed by atoms with Crippen LogP contribution in [-0.2, 0) is 13.5 Å². The fraction of sp³-hybridized carbons (Fsp3) is 0.200. The van der Waals surface area contributed by atoms with E-state index in [9.17, 15) is 9.59 Å². The van der Waals surface area contributed by atoms with Gasteiger partial charge in [0.15, 0.2) is 0 Å². The molecule has 0 spiro atoms. The molecule has 4 aromatic rings. The topological polar surface area (TPSA) is 76.9 Å². The Labute approximate surface area is 189 Å². The maximum Gasteiger partial charge on any atom is 0.277 e. The summed E-state index contributed by atoms with van der Waals surface area (Å²) in [5, 5.41) is 7.77. The van der Waals surface area contributed by atoms with Gasteiger partial charge in [0.1, 0.15) is 9.88 Å². The van der Waals surface area contributed by atoms with Crippen molar-refractivity contribution in [2.75, 3.05) is 5.32 Å². The fourth-order valence-electron chi connectivity index (χ4n) is 4.23. The Hall–Kier alpha value is -3.58. The summed E-state index contributed by atoms with van der Waals surface area (Å²) < 4.78 is 1.32. The van der Waals surface area contributed by atoms with Crippen molar-refractivity contribution < 1.29 is 4.79 Å². The number of fused-ring (bicyclic) bond motifs is 3. The van der Waals surface area contributed by atoms with Gasteiger partial charge in [0.25, 0.3) is 11.5 Å². The molecule has 2 aromatic heterocycles. The Morgan fingerprint density at radius 2 is 1.78 bits per heavy atom. The van der Waals surface area contributed by atoms with Crippen LogP contribution in [0.5, 0.6) is 0 Å². The zero-order chi connectivity index (χ0) is 22.6. The van der Waals surface area contributed by atoms with Gasteiger partial charge in [-0.2, -0.15) is 5.10 Å². The predicted octanol–water partition coefficient (Wildman–Crippen LogP) is 4.65. The van der Waals surface area contributed by atoms with E-state index in [4.69, 9.17) is 0 Å². The van der Waals surface area contributed by atoms with E-state index >= 15 is 0 Å². The molecular weight excluding hydrogens is 420 g/mol. The summed E-state index contributed by atoms with van der Waals surface area (Å²) in [5.41, 5.74) is 8.18. The van der Waals surface area contributed by atoms with Crippen molar-refractivity contribution in [2.24, 2.45) is 7.05 Å². The first-order chi connectivity index (χ1) is 15.3. The monoisotopic (exact) mass is 442 g/mol. The first kappa shape index (κ1) is 20.3. The van der Waals surface area contributed by atoms with Gasteiger partial charge in [0, 0.05) is 12.7 Å². The van der Waals surface area contributed by atoms with E-state index in [0.29, 0.717) is 21.1 Å². The van der Waals surface area contributed by atoms with Gasteiger partial charge in [-0.05, 0) is 67.1 Å². The minimum atomic E-state index is -0.220. The standard InChI is InChI=1S/C25H22N4O2S/c1-13-14(2)28-29(4)25(31)21(13)24-26-15(3)22(32-24)23(30)27-18-9-10-20-17(12-18)11-16-7-5-6-8-19(16)20/h5-10,12H,11H2,1-4H3,(H,27,30). The number of anilines is 1. The normalized spacial score (nSPS) is 11.9. The molecule has 1 aliphatic rings. The molecule has 0 unspecified atom stereocenters. The van der Waals surface area contributed by atoms with Gasteiger partial charge < -0.3 is 5.32 Å². The Morgan fingerprint density at radius 1 is 1.03 bits per heavy atom. The lowest BCUT2D eigenvalue weighted by Gasteiger charge is -2.07. The van der Waals surface area contributed by atoms with Crippen LogP contribution >= 0.6 is 11.3 Å². The molecule has 0 bridgehead atoms. The minimum absolute atomic E-state index is 0.216. The van der Waals surface area contributed by atoms with Crippen molar-refractivity contribution >= 4 is 22.9 Å². The van der Waals surface area contributed by atoms with Crippen LogP contribution in [0.1, 0.15) is 37.7 Å². The Morgan fingerprint density at radius 3 is 2.59 bits per heavy atom. The van der Waals surface area contributed by atoms with Crippen LogP contribution in [0.3, 0.4) is 0 Å². The van der Waals surface area contributed by atoms with Crippen molar-refractivity contribution in [1.82, 2.24) is 14.8 Å². The zero-order valence-corrected chi connectivity index (χ0v) is 19.1. The number of thiazole rings is 1. The second-order valence-corrected chi connectivity index (χ2v) is 9.11. The molecular formula is C25H22N4O2S. The zero-order valence-electron chi connectivity index (χ0n) is 18.3. The van der Waals surface area contributed by atoms with Crippen LogP contribution in [0.2, 0.25) is 0 Å². The van der Waals surface area contributed by atoms with Gasteiger partial charge in [-0.3, -0.25) is 9.59 Å². The largest absolute Gasteiger partial charge is 0.321 e. The molecule has 0 aliphatic heterocycles. The number of nitrogens with zero attached hydrogens (tertiary/aromatic N) is 3. The number of hydrogen-bond donors (Lipinski definition) is 1. The molecule has 2 heterocycles. The second-order valence-electron chi connectivity index (χ2n) is 8.11. The minimum Gasteiger partial charge on any atom is -0.321 e. The van der Waals surface area contributed by atoms with Gasteiger partial charge in [-0.25, -0.2) is 9.67 Å². The van der Waals surface area contributed by atoms with E-state index in [1.807, 2.05) is 32.0 Å². The van der Waals surface area contributed by atoms with Crippen molar-refractivity contribution in [3.63, 3.8) is 0 Å². The number of rotatable bonds is 3. The van der Waals surface area contributed by atoms with Crippen LogP contribution in [0, 0.1) is 20.8 Å². The number of carbonyl (C=O) groups is 1. The van der Waals surface area contributed by atoms with Crippen LogP contribution in [-0.4, -0.2) is 20.7 Å². The Kier molecular flexibility index (Phi) is 4.78.